The zero-order valence-corrected chi connectivity index (χ0v) is 16.3. The van der Waals surface area contributed by atoms with Gasteiger partial charge in [0.25, 0.3) is 5.91 Å². The first kappa shape index (κ1) is 19.2. The Morgan fingerprint density at radius 3 is 2.56 bits per heavy atom. The number of rotatable bonds is 5. The first-order chi connectivity index (χ1) is 12.8. The molecule has 9 heteroatoms. The predicted octanol–water partition coefficient (Wildman–Crippen LogP) is 3.83. The van der Waals surface area contributed by atoms with Gasteiger partial charge in [-0.2, -0.15) is 0 Å². The molecule has 0 aliphatic carbocycles. The van der Waals surface area contributed by atoms with Gasteiger partial charge in [0.15, 0.2) is 23.9 Å². The summed E-state index contributed by atoms with van der Waals surface area (Å²) in [5, 5.41) is 2.75. The Morgan fingerprint density at radius 1 is 1.15 bits per heavy atom. The van der Waals surface area contributed by atoms with Crippen LogP contribution in [0.1, 0.15) is 27.6 Å². The summed E-state index contributed by atoms with van der Waals surface area (Å²) in [5.74, 6) is -0.784. The number of anilines is 1. The molecular formula is C18H13BrClNO6. The molecule has 1 amide bonds. The van der Waals surface area contributed by atoms with E-state index in [0.717, 1.165) is 0 Å². The number of halogens is 2. The minimum atomic E-state index is -0.742. The van der Waals surface area contributed by atoms with Crippen LogP contribution in [0.2, 0.25) is 5.02 Å². The Bertz CT molecular complexity index is 946. The molecule has 3 rings (SSSR count). The predicted molar refractivity (Wildman–Crippen MR) is 101 cm³/mol. The molecule has 1 heterocycles. The smallest absolute Gasteiger partial charge is 0.340 e. The Kier molecular flexibility index (Phi) is 5.67. The number of carbonyl (C=O) groups excluding carboxylic acids is 3. The van der Waals surface area contributed by atoms with Crippen LogP contribution in [0.25, 0.3) is 0 Å². The number of amides is 1. The van der Waals surface area contributed by atoms with Crippen LogP contribution in [-0.4, -0.2) is 31.1 Å². The fourth-order valence-corrected chi connectivity index (χ4v) is 2.94. The maximum atomic E-state index is 12.2. The Balaban J connectivity index is 1.68. The molecule has 2 aromatic rings. The fourth-order valence-electron chi connectivity index (χ4n) is 2.39. The molecule has 27 heavy (non-hydrogen) atoms. The largest absolute Gasteiger partial charge is 0.454 e. The lowest BCUT2D eigenvalue weighted by Crippen LogP contribution is -2.22. The Hall–Kier alpha value is -2.58. The summed E-state index contributed by atoms with van der Waals surface area (Å²) in [6, 6.07) is 7.69. The number of hydrogen-bond acceptors (Lipinski definition) is 6. The third kappa shape index (κ3) is 4.40. The van der Waals surface area contributed by atoms with Gasteiger partial charge in [-0.25, -0.2) is 4.79 Å². The van der Waals surface area contributed by atoms with Crippen LogP contribution in [0.4, 0.5) is 5.69 Å². The molecule has 0 bridgehead atoms. The molecule has 0 fully saturated rings. The summed E-state index contributed by atoms with van der Waals surface area (Å²) in [7, 11) is 0. The second kappa shape index (κ2) is 7.98. The number of ether oxygens (including phenoxy) is 3. The molecule has 7 nitrogen and oxygen atoms in total. The van der Waals surface area contributed by atoms with E-state index < -0.39 is 18.5 Å². The van der Waals surface area contributed by atoms with Crippen LogP contribution in [0, 0.1) is 0 Å². The average molecular weight is 455 g/mol. The minimum Gasteiger partial charge on any atom is -0.454 e. The van der Waals surface area contributed by atoms with Crippen molar-refractivity contribution in [2.45, 2.75) is 6.92 Å². The molecule has 0 aromatic heterocycles. The summed E-state index contributed by atoms with van der Waals surface area (Å²) in [4.78, 5) is 36.1. The SMILES string of the molecule is CC(=O)c1cc2c(cc1NC(=O)COC(=O)c1cc(Br)ccc1Cl)OCO2. The van der Waals surface area contributed by atoms with Crippen molar-refractivity contribution < 1.29 is 28.6 Å². The van der Waals surface area contributed by atoms with Crippen molar-refractivity contribution in [1.82, 2.24) is 0 Å². The number of esters is 1. The molecule has 0 saturated heterocycles. The van der Waals surface area contributed by atoms with Crippen molar-refractivity contribution in [3.63, 3.8) is 0 Å². The van der Waals surface area contributed by atoms with E-state index in [9.17, 15) is 14.4 Å². The molecule has 1 aliphatic heterocycles. The topological polar surface area (TPSA) is 90.9 Å². The van der Waals surface area contributed by atoms with Crippen LogP contribution in [-0.2, 0) is 9.53 Å². The van der Waals surface area contributed by atoms with E-state index in [1.54, 1.807) is 6.07 Å². The molecule has 0 spiro atoms. The lowest BCUT2D eigenvalue weighted by atomic mass is 10.1. The maximum absolute atomic E-state index is 12.2. The number of ketones is 1. The van der Waals surface area contributed by atoms with E-state index in [-0.39, 0.29) is 34.4 Å². The van der Waals surface area contributed by atoms with Gasteiger partial charge in [0.05, 0.1) is 16.3 Å². The van der Waals surface area contributed by atoms with Gasteiger partial charge in [-0.3, -0.25) is 9.59 Å². The summed E-state index contributed by atoms with van der Waals surface area (Å²) in [5.41, 5.74) is 0.633. The van der Waals surface area contributed by atoms with E-state index >= 15 is 0 Å². The van der Waals surface area contributed by atoms with E-state index in [1.165, 1.54) is 31.2 Å². The normalized spacial score (nSPS) is 11.8. The minimum absolute atomic E-state index is 0.0368. The van der Waals surface area contributed by atoms with Gasteiger partial charge in [-0.05, 0) is 31.2 Å². The standard InChI is InChI=1S/C18H13BrClNO6/c1-9(22)11-5-15-16(27-8-26-15)6-14(11)21-17(23)7-25-18(24)12-4-10(19)2-3-13(12)20/h2-6H,7-8H2,1H3,(H,21,23). The van der Waals surface area contributed by atoms with Crippen molar-refractivity contribution in [3.8, 4) is 11.5 Å². The molecule has 2 aromatic carbocycles. The second-order valence-electron chi connectivity index (χ2n) is 5.56. The highest BCUT2D eigenvalue weighted by molar-refractivity contribution is 9.10. The van der Waals surface area contributed by atoms with Crippen LogP contribution >= 0.6 is 27.5 Å². The lowest BCUT2D eigenvalue weighted by Gasteiger charge is -2.11. The average Bonchev–Trinajstić information content (AvgIpc) is 3.08. The summed E-state index contributed by atoms with van der Waals surface area (Å²) >= 11 is 9.20. The number of benzene rings is 2. The fraction of sp³-hybridized carbons (Fsp3) is 0.167. The molecule has 0 unspecified atom stereocenters. The van der Waals surface area contributed by atoms with Crippen LogP contribution < -0.4 is 14.8 Å². The van der Waals surface area contributed by atoms with Crippen molar-refractivity contribution in [3.05, 3.63) is 51.0 Å². The highest BCUT2D eigenvalue weighted by Gasteiger charge is 2.21. The van der Waals surface area contributed by atoms with E-state index in [0.29, 0.717) is 16.0 Å². The van der Waals surface area contributed by atoms with Gasteiger partial charge in [-0.1, -0.05) is 27.5 Å². The second-order valence-corrected chi connectivity index (χ2v) is 6.88. The third-order valence-electron chi connectivity index (χ3n) is 3.65. The Labute approximate surface area is 167 Å². The molecule has 0 atom stereocenters. The van der Waals surface area contributed by atoms with Crippen molar-refractivity contribution in [2.75, 3.05) is 18.7 Å². The van der Waals surface area contributed by atoms with Crippen LogP contribution in [0.5, 0.6) is 11.5 Å². The van der Waals surface area contributed by atoms with Gasteiger partial charge in [0, 0.05) is 16.1 Å². The van der Waals surface area contributed by atoms with Gasteiger partial charge < -0.3 is 19.5 Å². The molecule has 0 saturated carbocycles. The first-order valence-electron chi connectivity index (χ1n) is 7.72. The molecule has 140 valence electrons. The van der Waals surface area contributed by atoms with Gasteiger partial charge in [0.2, 0.25) is 6.79 Å². The molecule has 1 N–H and O–H groups in total. The maximum Gasteiger partial charge on any atom is 0.340 e. The number of hydrogen-bond donors (Lipinski definition) is 1. The van der Waals surface area contributed by atoms with Crippen molar-refractivity contribution in [1.29, 1.82) is 0 Å². The Morgan fingerprint density at radius 2 is 1.85 bits per heavy atom. The van der Waals surface area contributed by atoms with Gasteiger partial charge in [-0.15, -0.1) is 0 Å². The lowest BCUT2D eigenvalue weighted by molar-refractivity contribution is -0.119. The van der Waals surface area contributed by atoms with Crippen LogP contribution in [0.3, 0.4) is 0 Å². The van der Waals surface area contributed by atoms with Crippen molar-refractivity contribution in [2.24, 2.45) is 0 Å². The third-order valence-corrected chi connectivity index (χ3v) is 4.47. The van der Waals surface area contributed by atoms with Crippen LogP contribution in [0.15, 0.2) is 34.8 Å². The zero-order valence-electron chi connectivity index (χ0n) is 14.0. The van der Waals surface area contributed by atoms with Crippen molar-refractivity contribution >= 4 is 50.9 Å². The number of nitrogens with one attached hydrogen (secondary N) is 1. The molecule has 0 radical (unpaired) electrons. The van der Waals surface area contributed by atoms with E-state index in [4.69, 9.17) is 25.8 Å². The van der Waals surface area contributed by atoms with E-state index in [1.807, 2.05) is 0 Å². The van der Waals surface area contributed by atoms with Gasteiger partial charge in [0.1, 0.15) is 0 Å². The first-order valence-corrected chi connectivity index (χ1v) is 8.89. The quantitative estimate of drug-likeness (QED) is 0.545. The number of carbonyl (C=O) groups is 3. The summed E-state index contributed by atoms with van der Waals surface area (Å²) < 4.78 is 16.1. The highest BCUT2D eigenvalue weighted by Crippen LogP contribution is 2.37. The monoisotopic (exact) mass is 453 g/mol. The summed E-state index contributed by atoms with van der Waals surface area (Å²) in [6.07, 6.45) is 0. The molecule has 1 aliphatic rings. The molecular weight excluding hydrogens is 442 g/mol. The summed E-state index contributed by atoms with van der Waals surface area (Å²) in [6.45, 7) is 0.852. The van der Waals surface area contributed by atoms with E-state index in [2.05, 4.69) is 21.2 Å². The zero-order chi connectivity index (χ0) is 19.6. The number of Topliss-reactive ketones (excluding diaryl/α,β-unsaturated/α-hetero) is 1. The number of fused-ring (bicyclic) bond motifs is 1. The highest BCUT2D eigenvalue weighted by atomic mass is 79.9. The van der Waals surface area contributed by atoms with Gasteiger partial charge >= 0.3 is 5.97 Å².